The molecule has 0 aliphatic heterocycles. The highest BCUT2D eigenvalue weighted by Gasteiger charge is 2.13. The number of nitrogens with zero attached hydrogens (tertiary/aromatic N) is 1. The molecule has 1 aromatic rings. The summed E-state index contributed by atoms with van der Waals surface area (Å²) in [4.78, 5) is 10.4. The number of benzene rings is 1. The van der Waals surface area contributed by atoms with E-state index in [0.717, 1.165) is 12.2 Å². The summed E-state index contributed by atoms with van der Waals surface area (Å²) in [5.74, 6) is 1.50. The highest BCUT2D eigenvalue weighted by atomic mass is 35.5. The zero-order valence-corrected chi connectivity index (χ0v) is 10.3. The van der Waals surface area contributed by atoms with E-state index in [2.05, 4.69) is 0 Å². The smallest absolute Gasteiger partial charge is 0.273 e. The fourth-order valence-electron chi connectivity index (χ4n) is 1.22. The Balaban J connectivity index is 2.68. The van der Waals surface area contributed by atoms with Crippen LogP contribution in [0.15, 0.2) is 18.2 Å². The van der Waals surface area contributed by atoms with Crippen LogP contribution in [0.5, 0.6) is 0 Å². The number of nitro benzene ring substituents is 1. The molecule has 4 nitrogen and oxygen atoms in total. The largest absolute Gasteiger partial charge is 0.330 e. The van der Waals surface area contributed by atoms with E-state index in [9.17, 15) is 10.1 Å². The van der Waals surface area contributed by atoms with Crippen LogP contribution in [0, 0.1) is 10.1 Å². The van der Waals surface area contributed by atoms with Gasteiger partial charge in [-0.3, -0.25) is 10.1 Å². The maximum atomic E-state index is 10.8. The molecular formula is C10H13ClN2O2S. The van der Waals surface area contributed by atoms with Crippen LogP contribution in [0.4, 0.5) is 5.69 Å². The first-order valence-electron chi connectivity index (χ1n) is 4.85. The summed E-state index contributed by atoms with van der Waals surface area (Å²) in [7, 11) is 0. The van der Waals surface area contributed by atoms with Gasteiger partial charge in [0.25, 0.3) is 5.69 Å². The lowest BCUT2D eigenvalue weighted by molar-refractivity contribution is -0.385. The van der Waals surface area contributed by atoms with Gasteiger partial charge in [0, 0.05) is 22.4 Å². The summed E-state index contributed by atoms with van der Waals surface area (Å²) >= 11 is 7.44. The van der Waals surface area contributed by atoms with E-state index in [-0.39, 0.29) is 10.6 Å². The molecule has 1 aromatic carbocycles. The van der Waals surface area contributed by atoms with Crippen LogP contribution in [0.2, 0.25) is 5.02 Å². The van der Waals surface area contributed by atoms with E-state index in [1.807, 2.05) is 0 Å². The molecule has 0 unspecified atom stereocenters. The first-order valence-corrected chi connectivity index (χ1v) is 6.39. The van der Waals surface area contributed by atoms with Crippen LogP contribution in [-0.2, 0) is 5.75 Å². The lowest BCUT2D eigenvalue weighted by Gasteiger charge is -2.03. The summed E-state index contributed by atoms with van der Waals surface area (Å²) in [5.41, 5.74) is 6.16. The molecule has 0 amide bonds. The van der Waals surface area contributed by atoms with Crippen LogP contribution < -0.4 is 5.73 Å². The standard InChI is InChI=1S/C10H13ClN2O2S/c11-9-2-3-10(13(14)15)8(6-9)7-16-5-1-4-12/h2-3,6H,1,4-5,7,12H2. The maximum Gasteiger partial charge on any atom is 0.273 e. The van der Waals surface area contributed by atoms with Crippen molar-refractivity contribution in [2.75, 3.05) is 12.3 Å². The van der Waals surface area contributed by atoms with Gasteiger partial charge in [-0.1, -0.05) is 11.6 Å². The Morgan fingerprint density at radius 1 is 1.50 bits per heavy atom. The van der Waals surface area contributed by atoms with E-state index in [1.165, 1.54) is 12.1 Å². The molecule has 0 radical (unpaired) electrons. The Bertz CT molecular complexity index is 374. The highest BCUT2D eigenvalue weighted by molar-refractivity contribution is 7.98. The molecular weight excluding hydrogens is 248 g/mol. The van der Waals surface area contributed by atoms with Crippen LogP contribution >= 0.6 is 23.4 Å². The molecule has 0 fully saturated rings. The third kappa shape index (κ3) is 4.00. The van der Waals surface area contributed by atoms with Crippen molar-refractivity contribution in [2.24, 2.45) is 5.73 Å². The average Bonchev–Trinajstić information content (AvgIpc) is 2.24. The molecule has 0 aliphatic carbocycles. The molecule has 0 aromatic heterocycles. The number of nitrogens with two attached hydrogens (primary N) is 1. The van der Waals surface area contributed by atoms with Gasteiger partial charge < -0.3 is 5.73 Å². The minimum absolute atomic E-state index is 0.129. The quantitative estimate of drug-likeness (QED) is 0.485. The second kappa shape index (κ2) is 6.73. The third-order valence-electron chi connectivity index (χ3n) is 1.99. The number of hydrogen-bond acceptors (Lipinski definition) is 4. The van der Waals surface area contributed by atoms with Crippen molar-refractivity contribution in [3.63, 3.8) is 0 Å². The van der Waals surface area contributed by atoms with Crippen molar-refractivity contribution in [3.05, 3.63) is 38.9 Å². The van der Waals surface area contributed by atoms with Gasteiger partial charge in [0.15, 0.2) is 0 Å². The van der Waals surface area contributed by atoms with Crippen molar-refractivity contribution >= 4 is 29.1 Å². The number of halogens is 1. The lowest BCUT2D eigenvalue weighted by Crippen LogP contribution is -2.00. The predicted octanol–water partition coefficient (Wildman–Crippen LogP) is 2.83. The molecule has 0 saturated carbocycles. The molecule has 0 aliphatic rings. The minimum atomic E-state index is -0.380. The van der Waals surface area contributed by atoms with E-state index >= 15 is 0 Å². The van der Waals surface area contributed by atoms with Gasteiger partial charge in [0.2, 0.25) is 0 Å². The molecule has 0 atom stereocenters. The minimum Gasteiger partial charge on any atom is -0.330 e. The van der Waals surface area contributed by atoms with Gasteiger partial charge in [-0.2, -0.15) is 11.8 Å². The van der Waals surface area contributed by atoms with Crippen molar-refractivity contribution < 1.29 is 4.92 Å². The Hall–Kier alpha value is -0.780. The Kier molecular flexibility index (Phi) is 5.59. The van der Waals surface area contributed by atoms with Crippen molar-refractivity contribution in [2.45, 2.75) is 12.2 Å². The van der Waals surface area contributed by atoms with Crippen LogP contribution in [0.1, 0.15) is 12.0 Å². The van der Waals surface area contributed by atoms with Gasteiger partial charge in [0.1, 0.15) is 0 Å². The fourth-order valence-corrected chi connectivity index (χ4v) is 2.38. The molecule has 6 heteroatoms. The second-order valence-electron chi connectivity index (χ2n) is 3.22. The molecule has 0 saturated heterocycles. The van der Waals surface area contributed by atoms with E-state index in [4.69, 9.17) is 17.3 Å². The number of nitro groups is 1. The number of rotatable bonds is 6. The van der Waals surface area contributed by atoms with Gasteiger partial charge in [-0.05, 0) is 30.9 Å². The molecule has 0 heterocycles. The molecule has 2 N–H and O–H groups in total. The third-order valence-corrected chi connectivity index (χ3v) is 3.32. The SMILES string of the molecule is NCCCSCc1cc(Cl)ccc1[N+](=O)[O-]. The molecule has 88 valence electrons. The topological polar surface area (TPSA) is 69.2 Å². The number of hydrogen-bond donors (Lipinski definition) is 1. The monoisotopic (exact) mass is 260 g/mol. The van der Waals surface area contributed by atoms with E-state index < -0.39 is 0 Å². The summed E-state index contributed by atoms with van der Waals surface area (Å²) in [6, 6.07) is 4.63. The summed E-state index contributed by atoms with van der Waals surface area (Å²) in [5, 5.41) is 11.3. The van der Waals surface area contributed by atoms with Gasteiger partial charge in [0.05, 0.1) is 4.92 Å². The van der Waals surface area contributed by atoms with Crippen molar-refractivity contribution in [3.8, 4) is 0 Å². The first kappa shape index (κ1) is 13.3. The normalized spacial score (nSPS) is 10.4. The Morgan fingerprint density at radius 2 is 2.25 bits per heavy atom. The second-order valence-corrected chi connectivity index (χ2v) is 4.77. The Morgan fingerprint density at radius 3 is 2.88 bits per heavy atom. The summed E-state index contributed by atoms with van der Waals surface area (Å²) in [6.07, 6.45) is 0.916. The zero-order chi connectivity index (χ0) is 12.0. The summed E-state index contributed by atoms with van der Waals surface area (Å²) in [6.45, 7) is 0.643. The lowest BCUT2D eigenvalue weighted by atomic mass is 10.2. The van der Waals surface area contributed by atoms with Gasteiger partial charge >= 0.3 is 0 Å². The number of thioether (sulfide) groups is 1. The maximum absolute atomic E-state index is 10.8. The fraction of sp³-hybridized carbons (Fsp3) is 0.400. The average molecular weight is 261 g/mol. The van der Waals surface area contributed by atoms with Gasteiger partial charge in [-0.15, -0.1) is 0 Å². The predicted molar refractivity (Wildman–Crippen MR) is 67.9 cm³/mol. The van der Waals surface area contributed by atoms with Crippen molar-refractivity contribution in [1.29, 1.82) is 0 Å². The molecule has 0 bridgehead atoms. The Labute approximate surface area is 103 Å². The molecule has 16 heavy (non-hydrogen) atoms. The van der Waals surface area contributed by atoms with E-state index in [0.29, 0.717) is 22.9 Å². The van der Waals surface area contributed by atoms with E-state index in [1.54, 1.807) is 17.8 Å². The highest BCUT2D eigenvalue weighted by Crippen LogP contribution is 2.26. The summed E-state index contributed by atoms with van der Waals surface area (Å²) < 4.78 is 0. The van der Waals surface area contributed by atoms with Crippen LogP contribution in [0.3, 0.4) is 0 Å². The molecule has 1 rings (SSSR count). The first-order chi connectivity index (χ1) is 7.65. The molecule has 0 spiro atoms. The van der Waals surface area contributed by atoms with Crippen LogP contribution in [-0.4, -0.2) is 17.2 Å². The van der Waals surface area contributed by atoms with Crippen LogP contribution in [0.25, 0.3) is 0 Å². The zero-order valence-electron chi connectivity index (χ0n) is 8.69. The van der Waals surface area contributed by atoms with Crippen molar-refractivity contribution in [1.82, 2.24) is 0 Å². The van der Waals surface area contributed by atoms with Gasteiger partial charge in [-0.25, -0.2) is 0 Å².